The predicted octanol–water partition coefficient (Wildman–Crippen LogP) is 1.92. The number of carbonyl (C=O) groups is 2. The second-order valence-electron chi connectivity index (χ2n) is 3.39. The van der Waals surface area contributed by atoms with Crippen molar-refractivity contribution < 1.29 is 19.8 Å². The van der Waals surface area contributed by atoms with E-state index in [0.717, 1.165) is 11.8 Å². The number of hydrogen-bond acceptors (Lipinski definition) is 5. The van der Waals surface area contributed by atoms with Gasteiger partial charge in [0.2, 0.25) is 0 Å². The molecule has 0 aliphatic heterocycles. The smallest absolute Gasteiger partial charge is 0.345 e. The van der Waals surface area contributed by atoms with E-state index < -0.39 is 17.5 Å². The first-order valence-electron chi connectivity index (χ1n) is 4.98. The molecule has 1 rings (SSSR count). The maximum Gasteiger partial charge on any atom is 0.345 e. The van der Waals surface area contributed by atoms with Crippen LogP contribution in [0.2, 0.25) is 5.15 Å². The molecule has 0 aromatic carbocycles. The lowest BCUT2D eigenvalue weighted by atomic mass is 10.3. The van der Waals surface area contributed by atoms with Crippen LogP contribution < -0.4 is 4.90 Å². The SMILES string of the molecule is CSC(=C(C(=O)O)C(=O)O)N(C)c1ccc(Cl)nc1. The number of thioether (sulfide) groups is 1. The Labute approximate surface area is 118 Å². The number of pyridine rings is 1. The van der Waals surface area contributed by atoms with Gasteiger partial charge in [-0.15, -0.1) is 11.8 Å². The monoisotopic (exact) mass is 302 g/mol. The second-order valence-corrected chi connectivity index (χ2v) is 4.57. The van der Waals surface area contributed by atoms with Gasteiger partial charge in [0.05, 0.1) is 16.9 Å². The molecule has 1 aromatic heterocycles. The lowest BCUT2D eigenvalue weighted by Gasteiger charge is -2.21. The molecular weight excluding hydrogens is 292 g/mol. The van der Waals surface area contributed by atoms with E-state index in [1.807, 2.05) is 0 Å². The fraction of sp³-hybridized carbons (Fsp3) is 0.182. The van der Waals surface area contributed by atoms with Crippen molar-refractivity contribution >= 4 is 41.0 Å². The number of aliphatic carboxylic acids is 2. The fourth-order valence-electron chi connectivity index (χ4n) is 1.36. The minimum Gasteiger partial charge on any atom is -0.477 e. The van der Waals surface area contributed by atoms with Crippen LogP contribution in [0.4, 0.5) is 5.69 Å². The normalized spacial score (nSPS) is 9.84. The summed E-state index contributed by atoms with van der Waals surface area (Å²) in [5, 5.41) is 18.3. The molecule has 8 heteroatoms. The van der Waals surface area contributed by atoms with Gasteiger partial charge >= 0.3 is 11.9 Å². The number of hydrogen-bond donors (Lipinski definition) is 2. The lowest BCUT2D eigenvalue weighted by Crippen LogP contribution is -2.23. The maximum absolute atomic E-state index is 11.0. The van der Waals surface area contributed by atoms with Crippen LogP contribution in [-0.2, 0) is 9.59 Å². The van der Waals surface area contributed by atoms with E-state index in [-0.39, 0.29) is 5.03 Å². The molecule has 0 aliphatic rings. The van der Waals surface area contributed by atoms with Crippen molar-refractivity contribution in [1.29, 1.82) is 0 Å². The van der Waals surface area contributed by atoms with E-state index in [9.17, 15) is 9.59 Å². The van der Waals surface area contributed by atoms with Gasteiger partial charge in [-0.25, -0.2) is 14.6 Å². The second kappa shape index (κ2) is 6.44. The maximum atomic E-state index is 11.0. The highest BCUT2D eigenvalue weighted by Crippen LogP contribution is 2.27. The molecule has 6 nitrogen and oxygen atoms in total. The van der Waals surface area contributed by atoms with Crippen molar-refractivity contribution in [1.82, 2.24) is 4.98 Å². The summed E-state index contributed by atoms with van der Waals surface area (Å²) in [4.78, 5) is 27.3. The molecule has 0 fully saturated rings. The summed E-state index contributed by atoms with van der Waals surface area (Å²) in [6.45, 7) is 0. The Bertz CT molecular complexity index is 514. The van der Waals surface area contributed by atoms with Crippen LogP contribution in [0, 0.1) is 0 Å². The molecule has 102 valence electrons. The molecule has 0 unspecified atom stereocenters. The molecule has 1 aromatic rings. The number of aromatic nitrogens is 1. The molecule has 1 heterocycles. The molecule has 0 saturated carbocycles. The van der Waals surface area contributed by atoms with E-state index in [1.165, 1.54) is 17.2 Å². The molecule has 0 amide bonds. The largest absolute Gasteiger partial charge is 0.477 e. The van der Waals surface area contributed by atoms with Crippen molar-refractivity contribution in [2.24, 2.45) is 0 Å². The Morgan fingerprint density at radius 1 is 1.32 bits per heavy atom. The van der Waals surface area contributed by atoms with Gasteiger partial charge in [-0.3, -0.25) is 0 Å². The van der Waals surface area contributed by atoms with Crippen molar-refractivity contribution in [2.45, 2.75) is 0 Å². The Kier molecular flexibility index (Phi) is 5.20. The summed E-state index contributed by atoms with van der Waals surface area (Å²) in [5.41, 5.74) is -0.154. The number of anilines is 1. The standard InChI is InChI=1S/C11H11ClN2O4S/c1-14(6-3-4-7(12)13-5-6)9(19-2)8(10(15)16)11(17)18/h3-5H,1-2H3,(H,15,16)(H,17,18). The summed E-state index contributed by atoms with van der Waals surface area (Å²) in [6, 6.07) is 3.15. The summed E-state index contributed by atoms with van der Waals surface area (Å²) in [7, 11) is 1.56. The number of carboxylic acids is 2. The molecular formula is C11H11ClN2O4S. The summed E-state index contributed by atoms with van der Waals surface area (Å²) in [5.74, 6) is -2.99. The van der Waals surface area contributed by atoms with Gasteiger partial charge in [-0.05, 0) is 18.4 Å². The van der Waals surface area contributed by atoms with Crippen LogP contribution in [0.5, 0.6) is 0 Å². The average molecular weight is 303 g/mol. The first kappa shape index (κ1) is 15.3. The first-order valence-corrected chi connectivity index (χ1v) is 6.59. The van der Waals surface area contributed by atoms with Gasteiger partial charge in [-0.2, -0.15) is 0 Å². The van der Waals surface area contributed by atoms with Crippen LogP contribution >= 0.6 is 23.4 Å². The van der Waals surface area contributed by atoms with Crippen LogP contribution in [0.1, 0.15) is 0 Å². The molecule has 0 aliphatic carbocycles. The predicted molar refractivity (Wildman–Crippen MR) is 73.5 cm³/mol. The molecule has 0 atom stereocenters. The Morgan fingerprint density at radius 3 is 2.26 bits per heavy atom. The van der Waals surface area contributed by atoms with Gasteiger partial charge in [0.25, 0.3) is 0 Å². The summed E-state index contributed by atoms with van der Waals surface area (Å²) >= 11 is 6.68. The highest BCUT2D eigenvalue weighted by molar-refractivity contribution is 8.02. The zero-order valence-electron chi connectivity index (χ0n) is 10.1. The fourth-order valence-corrected chi connectivity index (χ4v) is 2.23. The third-order valence-electron chi connectivity index (χ3n) is 2.24. The number of carboxylic acid groups (broad SMARTS) is 2. The zero-order chi connectivity index (χ0) is 14.6. The van der Waals surface area contributed by atoms with E-state index in [2.05, 4.69) is 4.98 Å². The Balaban J connectivity index is 3.28. The van der Waals surface area contributed by atoms with Gasteiger partial charge < -0.3 is 15.1 Å². The lowest BCUT2D eigenvalue weighted by molar-refractivity contribution is -0.140. The Hall–Kier alpha value is -1.73. The van der Waals surface area contributed by atoms with E-state index in [1.54, 1.807) is 19.4 Å². The van der Waals surface area contributed by atoms with Crippen molar-refractivity contribution in [3.05, 3.63) is 34.1 Å². The first-order chi connectivity index (χ1) is 8.88. The molecule has 2 N–H and O–H groups in total. The van der Waals surface area contributed by atoms with Crippen LogP contribution in [-0.4, -0.2) is 40.4 Å². The number of rotatable bonds is 5. The third kappa shape index (κ3) is 3.62. The summed E-state index contributed by atoms with van der Waals surface area (Å²) < 4.78 is 0. The van der Waals surface area contributed by atoms with Gasteiger partial charge in [0, 0.05) is 7.05 Å². The average Bonchev–Trinajstić information content (AvgIpc) is 2.34. The van der Waals surface area contributed by atoms with Gasteiger partial charge in [-0.1, -0.05) is 11.6 Å². The topological polar surface area (TPSA) is 90.7 Å². The summed E-state index contributed by atoms with van der Waals surface area (Å²) in [6.07, 6.45) is 3.03. The van der Waals surface area contributed by atoms with E-state index in [4.69, 9.17) is 21.8 Å². The highest BCUT2D eigenvalue weighted by Gasteiger charge is 2.24. The molecule has 0 bridgehead atoms. The number of halogens is 1. The minimum atomic E-state index is -1.49. The van der Waals surface area contributed by atoms with Gasteiger partial charge in [0.1, 0.15) is 5.15 Å². The van der Waals surface area contributed by atoms with Gasteiger partial charge in [0.15, 0.2) is 5.57 Å². The molecule has 0 radical (unpaired) electrons. The van der Waals surface area contributed by atoms with Crippen LogP contribution in [0.3, 0.4) is 0 Å². The number of nitrogens with zero attached hydrogens (tertiary/aromatic N) is 2. The van der Waals surface area contributed by atoms with Crippen LogP contribution in [0.25, 0.3) is 0 Å². The molecule has 19 heavy (non-hydrogen) atoms. The quantitative estimate of drug-likeness (QED) is 0.371. The third-order valence-corrected chi connectivity index (χ3v) is 3.33. The zero-order valence-corrected chi connectivity index (χ0v) is 11.7. The molecule has 0 spiro atoms. The van der Waals surface area contributed by atoms with Crippen molar-refractivity contribution in [3.8, 4) is 0 Å². The van der Waals surface area contributed by atoms with Crippen LogP contribution in [0.15, 0.2) is 28.9 Å². The highest BCUT2D eigenvalue weighted by atomic mass is 35.5. The molecule has 0 saturated heterocycles. The minimum absolute atomic E-state index is 0.101. The van der Waals surface area contributed by atoms with E-state index >= 15 is 0 Å². The van der Waals surface area contributed by atoms with Crippen molar-refractivity contribution in [3.63, 3.8) is 0 Å². The van der Waals surface area contributed by atoms with E-state index in [0.29, 0.717) is 10.8 Å². The van der Waals surface area contributed by atoms with Crippen molar-refractivity contribution in [2.75, 3.05) is 18.2 Å². The Morgan fingerprint density at radius 2 is 1.89 bits per heavy atom.